The quantitative estimate of drug-likeness (QED) is 0.439. The van der Waals surface area contributed by atoms with E-state index in [1.807, 2.05) is 35.2 Å². The second-order valence-electron chi connectivity index (χ2n) is 7.59. The fraction of sp³-hybridized carbons (Fsp3) is 0.250. The van der Waals surface area contributed by atoms with Crippen LogP contribution in [0.1, 0.15) is 24.5 Å². The molecular weight excluding hydrogens is 406 g/mol. The monoisotopic (exact) mass is 429 g/mol. The molecule has 0 saturated carbocycles. The molecule has 6 nitrogen and oxygen atoms in total. The number of para-hydroxylation sites is 1. The number of benzene rings is 2. The van der Waals surface area contributed by atoms with Gasteiger partial charge in [0.05, 0.1) is 11.4 Å². The van der Waals surface area contributed by atoms with Gasteiger partial charge in [-0.2, -0.15) is 9.61 Å². The number of carbonyl (C=O) groups excluding carboxylic acids is 1. The summed E-state index contributed by atoms with van der Waals surface area (Å²) >= 11 is 1.38. The summed E-state index contributed by atoms with van der Waals surface area (Å²) in [6, 6.07) is 20.4. The zero-order valence-electron chi connectivity index (χ0n) is 17.4. The Morgan fingerprint density at radius 1 is 1.03 bits per heavy atom. The average Bonchev–Trinajstić information content (AvgIpc) is 3.24. The van der Waals surface area contributed by atoms with Crippen molar-refractivity contribution in [3.05, 3.63) is 71.8 Å². The third-order valence-corrected chi connectivity index (χ3v) is 6.53. The first-order chi connectivity index (χ1) is 15.2. The molecule has 2 aromatic heterocycles. The predicted molar refractivity (Wildman–Crippen MR) is 123 cm³/mol. The predicted octanol–water partition coefficient (Wildman–Crippen LogP) is 4.43. The van der Waals surface area contributed by atoms with Crippen LogP contribution in [0.4, 0.5) is 5.69 Å². The summed E-state index contributed by atoms with van der Waals surface area (Å²) in [6.45, 7) is 2.90. The number of hydrogen-bond acceptors (Lipinski definition) is 5. The Bertz CT molecular complexity index is 1230. The van der Waals surface area contributed by atoms with Crippen molar-refractivity contribution < 1.29 is 4.79 Å². The lowest BCUT2D eigenvalue weighted by Crippen LogP contribution is -2.36. The molecule has 1 aliphatic rings. The van der Waals surface area contributed by atoms with Crippen molar-refractivity contribution in [1.82, 2.24) is 19.8 Å². The van der Waals surface area contributed by atoms with Crippen LogP contribution >= 0.6 is 11.8 Å². The van der Waals surface area contributed by atoms with Gasteiger partial charge in [0.1, 0.15) is 0 Å². The minimum Gasteiger partial charge on any atom is -0.311 e. The molecule has 0 radical (unpaired) electrons. The second kappa shape index (κ2) is 8.51. The first-order valence-electron chi connectivity index (χ1n) is 10.6. The second-order valence-corrected chi connectivity index (χ2v) is 8.53. The van der Waals surface area contributed by atoms with Crippen molar-refractivity contribution in [2.75, 3.05) is 17.2 Å². The fourth-order valence-corrected chi connectivity index (χ4v) is 4.68. The smallest absolute Gasteiger partial charge is 0.237 e. The standard InChI is InChI=1S/C24H23N5OS/c1-2-17-9-11-18(12-10-17)20-13-14-22-25-26-24(29(22)27-20)31-16-23(30)28-15-5-7-19-6-3-4-8-21(19)28/h3-4,6,8-14H,2,5,7,15-16H2,1H3. The molecule has 0 fully saturated rings. The molecule has 0 N–H and O–H groups in total. The molecule has 5 rings (SSSR count). The maximum Gasteiger partial charge on any atom is 0.237 e. The molecule has 2 aromatic carbocycles. The number of carbonyl (C=O) groups is 1. The van der Waals surface area contributed by atoms with E-state index >= 15 is 0 Å². The van der Waals surface area contributed by atoms with E-state index in [2.05, 4.69) is 47.5 Å². The minimum atomic E-state index is 0.0835. The van der Waals surface area contributed by atoms with Crippen molar-refractivity contribution >= 4 is 29.0 Å². The van der Waals surface area contributed by atoms with Gasteiger partial charge < -0.3 is 4.90 Å². The number of aryl methyl sites for hydroxylation is 2. The van der Waals surface area contributed by atoms with Gasteiger partial charge in [0.2, 0.25) is 11.1 Å². The Morgan fingerprint density at radius 3 is 2.71 bits per heavy atom. The summed E-state index contributed by atoms with van der Waals surface area (Å²) in [6.07, 6.45) is 3.02. The van der Waals surface area contributed by atoms with Gasteiger partial charge in [0.25, 0.3) is 0 Å². The van der Waals surface area contributed by atoms with Crippen LogP contribution in [0.15, 0.2) is 65.8 Å². The van der Waals surface area contributed by atoms with Gasteiger partial charge in [0.15, 0.2) is 5.65 Å². The van der Waals surface area contributed by atoms with E-state index in [4.69, 9.17) is 5.10 Å². The van der Waals surface area contributed by atoms with E-state index in [1.54, 1.807) is 4.52 Å². The molecule has 0 bridgehead atoms. The van der Waals surface area contributed by atoms with Crippen molar-refractivity contribution in [3.63, 3.8) is 0 Å². The molecule has 7 heteroatoms. The number of fused-ring (bicyclic) bond motifs is 2. The van der Waals surface area contributed by atoms with E-state index < -0.39 is 0 Å². The SMILES string of the molecule is CCc1ccc(-c2ccc3nnc(SCC(=O)N4CCCc5ccccc54)n3n2)cc1. The molecule has 0 aliphatic carbocycles. The van der Waals surface area contributed by atoms with Crippen LogP contribution in [-0.4, -0.2) is 38.0 Å². The van der Waals surface area contributed by atoms with Gasteiger partial charge in [-0.25, -0.2) is 0 Å². The van der Waals surface area contributed by atoms with Crippen molar-refractivity contribution in [2.45, 2.75) is 31.3 Å². The van der Waals surface area contributed by atoms with E-state index in [0.29, 0.717) is 16.6 Å². The Labute approximate surface area is 185 Å². The summed E-state index contributed by atoms with van der Waals surface area (Å²) in [5.74, 6) is 0.381. The number of aromatic nitrogens is 4. The van der Waals surface area contributed by atoms with Crippen molar-refractivity contribution in [1.29, 1.82) is 0 Å². The lowest BCUT2D eigenvalue weighted by Gasteiger charge is -2.29. The number of anilines is 1. The molecule has 4 aromatic rings. The third kappa shape index (κ3) is 3.93. The highest BCUT2D eigenvalue weighted by Crippen LogP contribution is 2.28. The van der Waals surface area contributed by atoms with E-state index in [9.17, 15) is 4.79 Å². The fourth-order valence-electron chi connectivity index (χ4n) is 3.92. The Balaban J connectivity index is 1.35. The van der Waals surface area contributed by atoms with Gasteiger partial charge in [-0.15, -0.1) is 10.2 Å². The Hall–Kier alpha value is -3.19. The molecule has 0 spiro atoms. The normalized spacial score (nSPS) is 13.4. The lowest BCUT2D eigenvalue weighted by molar-refractivity contribution is -0.116. The summed E-state index contributed by atoms with van der Waals surface area (Å²) in [7, 11) is 0. The summed E-state index contributed by atoms with van der Waals surface area (Å²) < 4.78 is 1.73. The van der Waals surface area contributed by atoms with Crippen LogP contribution in [-0.2, 0) is 17.6 Å². The highest BCUT2D eigenvalue weighted by Gasteiger charge is 2.23. The van der Waals surface area contributed by atoms with Gasteiger partial charge in [-0.05, 0) is 48.6 Å². The van der Waals surface area contributed by atoms with E-state index in [1.165, 1.54) is 22.9 Å². The zero-order chi connectivity index (χ0) is 21.2. The van der Waals surface area contributed by atoms with Crippen LogP contribution in [0, 0.1) is 0 Å². The van der Waals surface area contributed by atoms with Gasteiger partial charge >= 0.3 is 0 Å². The largest absolute Gasteiger partial charge is 0.311 e. The first kappa shape index (κ1) is 19.8. The molecule has 0 atom stereocenters. The van der Waals surface area contributed by atoms with Crippen LogP contribution in [0.2, 0.25) is 0 Å². The van der Waals surface area contributed by atoms with Crippen LogP contribution in [0.25, 0.3) is 16.9 Å². The molecule has 0 saturated heterocycles. The summed E-state index contributed by atoms with van der Waals surface area (Å²) in [4.78, 5) is 14.9. The first-order valence-corrected chi connectivity index (χ1v) is 11.5. The molecular formula is C24H23N5OS. The molecule has 0 unspecified atom stereocenters. The number of amides is 1. The average molecular weight is 430 g/mol. The zero-order valence-corrected chi connectivity index (χ0v) is 18.2. The Morgan fingerprint density at radius 2 is 1.87 bits per heavy atom. The minimum absolute atomic E-state index is 0.0835. The van der Waals surface area contributed by atoms with Gasteiger partial charge in [0, 0.05) is 17.8 Å². The van der Waals surface area contributed by atoms with E-state index in [-0.39, 0.29) is 5.91 Å². The van der Waals surface area contributed by atoms with Crippen LogP contribution in [0.3, 0.4) is 0 Å². The van der Waals surface area contributed by atoms with E-state index in [0.717, 1.165) is 42.8 Å². The van der Waals surface area contributed by atoms with Gasteiger partial charge in [-0.3, -0.25) is 4.79 Å². The van der Waals surface area contributed by atoms with Crippen molar-refractivity contribution in [2.24, 2.45) is 0 Å². The number of hydrogen-bond donors (Lipinski definition) is 0. The lowest BCUT2D eigenvalue weighted by atomic mass is 10.0. The summed E-state index contributed by atoms with van der Waals surface area (Å²) in [5.41, 5.74) is 6.13. The molecule has 1 amide bonds. The number of rotatable bonds is 5. The maximum absolute atomic E-state index is 13.0. The topological polar surface area (TPSA) is 63.4 Å². The van der Waals surface area contributed by atoms with Crippen molar-refractivity contribution in [3.8, 4) is 11.3 Å². The Kier molecular flexibility index (Phi) is 5.42. The third-order valence-electron chi connectivity index (χ3n) is 5.63. The number of thioether (sulfide) groups is 1. The molecule has 1 aliphatic heterocycles. The van der Waals surface area contributed by atoms with Crippen LogP contribution in [0.5, 0.6) is 0 Å². The molecule has 3 heterocycles. The molecule has 31 heavy (non-hydrogen) atoms. The highest BCUT2D eigenvalue weighted by atomic mass is 32.2. The number of nitrogens with zero attached hydrogens (tertiary/aromatic N) is 5. The summed E-state index contributed by atoms with van der Waals surface area (Å²) in [5, 5.41) is 13.8. The van der Waals surface area contributed by atoms with Crippen LogP contribution < -0.4 is 4.90 Å². The maximum atomic E-state index is 13.0. The van der Waals surface area contributed by atoms with Gasteiger partial charge in [-0.1, -0.05) is 61.2 Å². The molecule has 156 valence electrons. The highest BCUT2D eigenvalue weighted by molar-refractivity contribution is 7.99.